The third kappa shape index (κ3) is 3.90. The van der Waals surface area contributed by atoms with Crippen LogP contribution in [0.5, 0.6) is 5.75 Å². The van der Waals surface area contributed by atoms with E-state index in [0.29, 0.717) is 13.2 Å². The molecule has 0 fully saturated rings. The molecule has 0 amide bonds. The number of aryl methyl sites for hydroxylation is 1. The quantitative estimate of drug-likeness (QED) is 0.729. The van der Waals surface area contributed by atoms with Crippen molar-refractivity contribution in [3.63, 3.8) is 0 Å². The second kappa shape index (κ2) is 6.43. The van der Waals surface area contributed by atoms with Crippen LogP contribution in [0, 0.1) is 6.92 Å². The largest absolute Gasteiger partial charge is 0.493 e. The Balaban J connectivity index is 2.52. The summed E-state index contributed by atoms with van der Waals surface area (Å²) in [6, 6.07) is 5.81. The van der Waals surface area contributed by atoms with Gasteiger partial charge < -0.3 is 14.6 Å². The van der Waals surface area contributed by atoms with Crippen LogP contribution in [0.4, 0.5) is 0 Å². The minimum absolute atomic E-state index is 0.0152. The Kier molecular flexibility index (Phi) is 5.15. The normalized spacial score (nSPS) is 10.3. The van der Waals surface area contributed by atoms with E-state index in [1.165, 1.54) is 0 Å². The second-order valence-corrected chi connectivity index (χ2v) is 3.46. The Morgan fingerprint density at radius 2 is 2.07 bits per heavy atom. The molecule has 0 bridgehead atoms. The SMILES string of the molecule is COCCCOc1ccc(C)cc1CO. The molecular formula is C12H18O3. The molecule has 15 heavy (non-hydrogen) atoms. The van der Waals surface area contributed by atoms with Gasteiger partial charge >= 0.3 is 0 Å². The lowest BCUT2D eigenvalue weighted by atomic mass is 10.1. The van der Waals surface area contributed by atoms with Gasteiger partial charge in [-0.1, -0.05) is 17.7 Å². The van der Waals surface area contributed by atoms with Crippen LogP contribution in [0.2, 0.25) is 0 Å². The zero-order chi connectivity index (χ0) is 11.1. The highest BCUT2D eigenvalue weighted by Crippen LogP contribution is 2.19. The monoisotopic (exact) mass is 210 g/mol. The fourth-order valence-electron chi connectivity index (χ4n) is 1.36. The summed E-state index contributed by atoms with van der Waals surface area (Å²) in [5, 5.41) is 9.14. The predicted molar refractivity (Wildman–Crippen MR) is 59.1 cm³/mol. The average Bonchev–Trinajstić information content (AvgIpc) is 2.26. The highest BCUT2D eigenvalue weighted by molar-refractivity contribution is 5.36. The fraction of sp³-hybridized carbons (Fsp3) is 0.500. The zero-order valence-electron chi connectivity index (χ0n) is 9.32. The summed E-state index contributed by atoms with van der Waals surface area (Å²) < 4.78 is 10.5. The molecule has 0 aliphatic rings. The van der Waals surface area contributed by atoms with E-state index in [1.54, 1.807) is 7.11 Å². The van der Waals surface area contributed by atoms with Gasteiger partial charge in [0.15, 0.2) is 0 Å². The maximum atomic E-state index is 9.14. The van der Waals surface area contributed by atoms with Crippen molar-refractivity contribution in [1.82, 2.24) is 0 Å². The molecule has 0 saturated heterocycles. The van der Waals surface area contributed by atoms with Crippen LogP contribution in [0.1, 0.15) is 17.5 Å². The molecule has 0 saturated carbocycles. The topological polar surface area (TPSA) is 38.7 Å². The zero-order valence-corrected chi connectivity index (χ0v) is 9.32. The molecule has 0 atom stereocenters. The van der Waals surface area contributed by atoms with E-state index in [4.69, 9.17) is 14.6 Å². The van der Waals surface area contributed by atoms with E-state index in [2.05, 4.69) is 0 Å². The molecule has 0 radical (unpaired) electrons. The van der Waals surface area contributed by atoms with Crippen molar-refractivity contribution in [2.24, 2.45) is 0 Å². The van der Waals surface area contributed by atoms with Gasteiger partial charge in [0, 0.05) is 25.7 Å². The smallest absolute Gasteiger partial charge is 0.124 e. The van der Waals surface area contributed by atoms with Gasteiger partial charge in [0.2, 0.25) is 0 Å². The van der Waals surface area contributed by atoms with Gasteiger partial charge in [0.05, 0.1) is 13.2 Å². The molecule has 0 aliphatic heterocycles. The maximum Gasteiger partial charge on any atom is 0.124 e. The summed E-state index contributed by atoms with van der Waals surface area (Å²) in [6.07, 6.45) is 0.856. The van der Waals surface area contributed by atoms with Crippen LogP contribution in [0.25, 0.3) is 0 Å². The Bertz CT molecular complexity index is 297. The van der Waals surface area contributed by atoms with Crippen molar-refractivity contribution >= 4 is 0 Å². The van der Waals surface area contributed by atoms with Crippen LogP contribution in [0.3, 0.4) is 0 Å². The molecule has 3 heteroatoms. The number of hydrogen-bond acceptors (Lipinski definition) is 3. The number of hydrogen-bond donors (Lipinski definition) is 1. The first-order valence-corrected chi connectivity index (χ1v) is 5.10. The van der Waals surface area contributed by atoms with Crippen molar-refractivity contribution in [1.29, 1.82) is 0 Å². The van der Waals surface area contributed by atoms with Gasteiger partial charge in [-0.05, 0) is 13.0 Å². The van der Waals surface area contributed by atoms with Gasteiger partial charge in [0.1, 0.15) is 5.75 Å². The van der Waals surface area contributed by atoms with E-state index in [1.807, 2.05) is 25.1 Å². The lowest BCUT2D eigenvalue weighted by molar-refractivity contribution is 0.170. The third-order valence-corrected chi connectivity index (χ3v) is 2.14. The van der Waals surface area contributed by atoms with Gasteiger partial charge in [-0.15, -0.1) is 0 Å². The molecule has 1 N–H and O–H groups in total. The summed E-state index contributed by atoms with van der Waals surface area (Å²) in [5.41, 5.74) is 1.97. The molecule has 0 aliphatic carbocycles. The molecule has 1 rings (SSSR count). The first-order chi connectivity index (χ1) is 7.27. The molecular weight excluding hydrogens is 192 g/mol. The molecule has 1 aromatic rings. The first-order valence-electron chi connectivity index (χ1n) is 5.10. The van der Waals surface area contributed by atoms with Crippen LogP contribution >= 0.6 is 0 Å². The van der Waals surface area contributed by atoms with E-state index in [-0.39, 0.29) is 6.61 Å². The van der Waals surface area contributed by atoms with Crippen LogP contribution in [-0.2, 0) is 11.3 Å². The Labute approximate surface area is 90.6 Å². The number of methoxy groups -OCH3 is 1. The molecule has 84 valence electrons. The van der Waals surface area contributed by atoms with Gasteiger partial charge in [0.25, 0.3) is 0 Å². The molecule has 0 unspecified atom stereocenters. The van der Waals surface area contributed by atoms with Crippen molar-refractivity contribution in [3.8, 4) is 5.75 Å². The van der Waals surface area contributed by atoms with Crippen LogP contribution in [-0.4, -0.2) is 25.4 Å². The van der Waals surface area contributed by atoms with E-state index in [9.17, 15) is 0 Å². The lowest BCUT2D eigenvalue weighted by Crippen LogP contribution is -2.03. The number of aliphatic hydroxyl groups is 1. The van der Waals surface area contributed by atoms with Crippen LogP contribution < -0.4 is 4.74 Å². The average molecular weight is 210 g/mol. The number of ether oxygens (including phenoxy) is 2. The maximum absolute atomic E-state index is 9.14. The Morgan fingerprint density at radius 1 is 1.27 bits per heavy atom. The molecule has 3 nitrogen and oxygen atoms in total. The van der Waals surface area contributed by atoms with Crippen molar-refractivity contribution < 1.29 is 14.6 Å². The predicted octanol–water partition coefficient (Wildman–Crippen LogP) is 1.90. The van der Waals surface area contributed by atoms with Gasteiger partial charge in [-0.25, -0.2) is 0 Å². The second-order valence-electron chi connectivity index (χ2n) is 3.46. The lowest BCUT2D eigenvalue weighted by Gasteiger charge is -2.10. The Hall–Kier alpha value is -1.06. The third-order valence-electron chi connectivity index (χ3n) is 2.14. The number of aliphatic hydroxyl groups excluding tert-OH is 1. The summed E-state index contributed by atoms with van der Waals surface area (Å²) in [4.78, 5) is 0. The van der Waals surface area contributed by atoms with Gasteiger partial charge in [-0.2, -0.15) is 0 Å². The summed E-state index contributed by atoms with van der Waals surface area (Å²) >= 11 is 0. The molecule has 0 aromatic heterocycles. The van der Waals surface area contributed by atoms with E-state index >= 15 is 0 Å². The molecule has 0 heterocycles. The fourth-order valence-corrected chi connectivity index (χ4v) is 1.36. The highest BCUT2D eigenvalue weighted by Gasteiger charge is 2.02. The van der Waals surface area contributed by atoms with Crippen molar-refractivity contribution in [2.75, 3.05) is 20.3 Å². The summed E-state index contributed by atoms with van der Waals surface area (Å²) in [6.45, 7) is 3.32. The van der Waals surface area contributed by atoms with E-state index < -0.39 is 0 Å². The first kappa shape index (κ1) is 12.0. The highest BCUT2D eigenvalue weighted by atomic mass is 16.5. The number of benzene rings is 1. The standard InChI is InChI=1S/C12H18O3/c1-10-4-5-12(11(8-10)9-13)15-7-3-6-14-2/h4-5,8,13H,3,6-7,9H2,1-2H3. The molecule has 0 spiro atoms. The van der Waals surface area contributed by atoms with E-state index in [0.717, 1.165) is 23.3 Å². The Morgan fingerprint density at radius 3 is 2.73 bits per heavy atom. The summed E-state index contributed by atoms with van der Waals surface area (Å²) in [5.74, 6) is 0.763. The minimum Gasteiger partial charge on any atom is -0.493 e. The summed E-state index contributed by atoms with van der Waals surface area (Å²) in [7, 11) is 1.67. The minimum atomic E-state index is 0.0152. The number of rotatable bonds is 6. The molecule has 1 aromatic carbocycles. The van der Waals surface area contributed by atoms with Crippen molar-refractivity contribution in [2.45, 2.75) is 20.0 Å². The van der Waals surface area contributed by atoms with Crippen molar-refractivity contribution in [3.05, 3.63) is 29.3 Å². The van der Waals surface area contributed by atoms with Gasteiger partial charge in [-0.3, -0.25) is 0 Å². The van der Waals surface area contributed by atoms with Crippen LogP contribution in [0.15, 0.2) is 18.2 Å².